The number of imidazole rings is 1. The molecular weight excluding hydrogens is 260 g/mol. The lowest BCUT2D eigenvalue weighted by molar-refractivity contribution is -0.141. The van der Waals surface area contributed by atoms with E-state index in [9.17, 15) is 9.59 Å². The Labute approximate surface area is 118 Å². The topological polar surface area (TPSA) is 87.5 Å². The average molecular weight is 282 g/mol. The van der Waals surface area contributed by atoms with Crippen molar-refractivity contribution in [2.45, 2.75) is 26.3 Å². The fraction of sp³-hybridized carbons (Fsp3) is 0.615. The van der Waals surface area contributed by atoms with Crippen molar-refractivity contribution in [1.82, 2.24) is 19.8 Å². The fourth-order valence-electron chi connectivity index (χ4n) is 1.84. The van der Waals surface area contributed by atoms with Gasteiger partial charge in [0.1, 0.15) is 5.82 Å². The van der Waals surface area contributed by atoms with Gasteiger partial charge in [-0.3, -0.25) is 4.79 Å². The van der Waals surface area contributed by atoms with Gasteiger partial charge in [0.15, 0.2) is 0 Å². The van der Waals surface area contributed by atoms with Crippen LogP contribution < -0.4 is 5.32 Å². The second-order valence-electron chi connectivity index (χ2n) is 4.82. The number of nitrogens with one attached hydrogen (secondary N) is 1. The minimum absolute atomic E-state index is 0.146. The highest BCUT2D eigenvalue weighted by molar-refractivity contribution is 5.75. The lowest BCUT2D eigenvalue weighted by Crippen LogP contribution is -2.41. The van der Waals surface area contributed by atoms with Crippen LogP contribution >= 0.6 is 0 Å². The largest absolute Gasteiger partial charge is 0.481 e. The SMILES string of the molecule is CCCC(CNC(=O)N(C)Cc1nccn1C)C(=O)O. The van der Waals surface area contributed by atoms with Crippen molar-refractivity contribution in [3.05, 3.63) is 18.2 Å². The van der Waals surface area contributed by atoms with Gasteiger partial charge in [-0.15, -0.1) is 0 Å². The number of hydrogen-bond acceptors (Lipinski definition) is 3. The van der Waals surface area contributed by atoms with E-state index in [1.807, 2.05) is 24.7 Å². The summed E-state index contributed by atoms with van der Waals surface area (Å²) in [6.45, 7) is 2.44. The number of carbonyl (C=O) groups excluding carboxylic acids is 1. The summed E-state index contributed by atoms with van der Waals surface area (Å²) in [6.07, 6.45) is 4.81. The normalized spacial score (nSPS) is 11.9. The molecule has 0 saturated heterocycles. The number of carboxylic acid groups (broad SMARTS) is 1. The molecule has 0 fully saturated rings. The second-order valence-corrected chi connectivity index (χ2v) is 4.82. The Morgan fingerprint density at radius 3 is 2.75 bits per heavy atom. The maximum Gasteiger partial charge on any atom is 0.317 e. The van der Waals surface area contributed by atoms with E-state index in [2.05, 4.69) is 10.3 Å². The average Bonchev–Trinajstić information content (AvgIpc) is 2.79. The van der Waals surface area contributed by atoms with E-state index in [1.54, 1.807) is 13.2 Å². The number of carboxylic acids is 1. The number of urea groups is 1. The molecule has 2 amide bonds. The number of nitrogens with zero attached hydrogens (tertiary/aromatic N) is 3. The van der Waals surface area contributed by atoms with Gasteiger partial charge in [-0.25, -0.2) is 9.78 Å². The minimum Gasteiger partial charge on any atom is -0.481 e. The van der Waals surface area contributed by atoms with Crippen molar-refractivity contribution in [2.75, 3.05) is 13.6 Å². The van der Waals surface area contributed by atoms with Gasteiger partial charge in [0.2, 0.25) is 0 Å². The first kappa shape index (κ1) is 16.0. The zero-order chi connectivity index (χ0) is 15.1. The van der Waals surface area contributed by atoms with Crippen LogP contribution in [-0.2, 0) is 18.4 Å². The molecule has 0 aliphatic carbocycles. The Hall–Kier alpha value is -2.05. The number of amides is 2. The maximum atomic E-state index is 11.9. The van der Waals surface area contributed by atoms with Crippen LogP contribution in [0.3, 0.4) is 0 Å². The van der Waals surface area contributed by atoms with Gasteiger partial charge < -0.3 is 19.9 Å². The molecule has 0 aliphatic rings. The van der Waals surface area contributed by atoms with E-state index < -0.39 is 11.9 Å². The van der Waals surface area contributed by atoms with E-state index in [1.165, 1.54) is 4.90 Å². The first-order valence-electron chi connectivity index (χ1n) is 6.63. The highest BCUT2D eigenvalue weighted by Gasteiger charge is 2.18. The molecule has 7 heteroatoms. The second kappa shape index (κ2) is 7.52. The van der Waals surface area contributed by atoms with Crippen LogP contribution in [0.25, 0.3) is 0 Å². The Balaban J connectivity index is 2.45. The van der Waals surface area contributed by atoms with E-state index in [4.69, 9.17) is 5.11 Å². The van der Waals surface area contributed by atoms with Crippen LogP contribution in [0, 0.1) is 5.92 Å². The van der Waals surface area contributed by atoms with Crippen LogP contribution in [0.4, 0.5) is 4.79 Å². The van der Waals surface area contributed by atoms with Crippen molar-refractivity contribution in [2.24, 2.45) is 13.0 Å². The molecular formula is C13H22N4O3. The summed E-state index contributed by atoms with van der Waals surface area (Å²) in [5.74, 6) is -0.643. The summed E-state index contributed by atoms with van der Waals surface area (Å²) in [6, 6.07) is -0.296. The van der Waals surface area contributed by atoms with Gasteiger partial charge >= 0.3 is 12.0 Å². The number of aryl methyl sites for hydroxylation is 1. The number of carbonyl (C=O) groups is 2. The number of aromatic nitrogens is 2. The molecule has 2 N–H and O–H groups in total. The predicted molar refractivity (Wildman–Crippen MR) is 74.1 cm³/mol. The smallest absolute Gasteiger partial charge is 0.317 e. The van der Waals surface area contributed by atoms with Crippen LogP contribution in [0.5, 0.6) is 0 Å². The molecule has 7 nitrogen and oxygen atoms in total. The van der Waals surface area contributed by atoms with Gasteiger partial charge in [0.25, 0.3) is 0 Å². The number of hydrogen-bond donors (Lipinski definition) is 2. The van der Waals surface area contributed by atoms with Gasteiger partial charge in [0, 0.05) is 33.0 Å². The van der Waals surface area contributed by atoms with Gasteiger partial charge in [-0.05, 0) is 6.42 Å². The van der Waals surface area contributed by atoms with Crippen molar-refractivity contribution in [1.29, 1.82) is 0 Å². The lowest BCUT2D eigenvalue weighted by Gasteiger charge is -2.19. The van der Waals surface area contributed by atoms with Crippen molar-refractivity contribution in [3.63, 3.8) is 0 Å². The molecule has 1 heterocycles. The Bertz CT molecular complexity index is 458. The minimum atomic E-state index is -0.876. The molecule has 1 aromatic rings. The first-order chi connectivity index (χ1) is 9.45. The van der Waals surface area contributed by atoms with E-state index in [0.717, 1.165) is 12.2 Å². The third-order valence-corrected chi connectivity index (χ3v) is 3.13. The van der Waals surface area contributed by atoms with Gasteiger partial charge in [0.05, 0.1) is 12.5 Å². The van der Waals surface area contributed by atoms with Crippen LogP contribution in [0.15, 0.2) is 12.4 Å². The molecule has 0 spiro atoms. The predicted octanol–water partition coefficient (Wildman–Crippen LogP) is 1.06. The van der Waals surface area contributed by atoms with Crippen molar-refractivity contribution >= 4 is 12.0 Å². The highest BCUT2D eigenvalue weighted by Crippen LogP contribution is 2.06. The van der Waals surface area contributed by atoms with Gasteiger partial charge in [-0.1, -0.05) is 13.3 Å². The molecule has 112 valence electrons. The molecule has 1 rings (SSSR count). The van der Waals surface area contributed by atoms with Crippen LogP contribution in [-0.4, -0.2) is 45.2 Å². The fourth-order valence-corrected chi connectivity index (χ4v) is 1.84. The summed E-state index contributed by atoms with van der Waals surface area (Å²) in [4.78, 5) is 28.5. The molecule has 0 aliphatic heterocycles. The summed E-state index contributed by atoms with van der Waals surface area (Å²) < 4.78 is 1.83. The zero-order valence-electron chi connectivity index (χ0n) is 12.2. The monoisotopic (exact) mass is 282 g/mol. The molecule has 0 radical (unpaired) electrons. The van der Waals surface area contributed by atoms with Crippen LogP contribution in [0.2, 0.25) is 0 Å². The summed E-state index contributed by atoms with van der Waals surface area (Å²) in [5, 5.41) is 11.7. The summed E-state index contributed by atoms with van der Waals surface area (Å²) in [7, 11) is 3.51. The quantitative estimate of drug-likeness (QED) is 0.783. The van der Waals surface area contributed by atoms with Gasteiger partial charge in [-0.2, -0.15) is 0 Å². The molecule has 1 aromatic heterocycles. The third kappa shape index (κ3) is 4.56. The Kier molecular flexibility index (Phi) is 6.02. The molecule has 0 aromatic carbocycles. The number of rotatable bonds is 7. The Morgan fingerprint density at radius 1 is 1.55 bits per heavy atom. The molecule has 0 saturated carbocycles. The summed E-state index contributed by atoms with van der Waals surface area (Å²) >= 11 is 0. The molecule has 1 unspecified atom stereocenters. The van der Waals surface area contributed by atoms with E-state index >= 15 is 0 Å². The van der Waals surface area contributed by atoms with Crippen LogP contribution in [0.1, 0.15) is 25.6 Å². The third-order valence-electron chi connectivity index (χ3n) is 3.13. The molecule has 1 atom stereocenters. The van der Waals surface area contributed by atoms with E-state index in [0.29, 0.717) is 13.0 Å². The standard InChI is InChI=1S/C13H22N4O3/c1-4-5-10(12(18)19)8-15-13(20)17(3)9-11-14-6-7-16(11)2/h6-7,10H,4-5,8-9H2,1-3H3,(H,15,20)(H,18,19). The highest BCUT2D eigenvalue weighted by atomic mass is 16.4. The number of aliphatic carboxylic acids is 1. The summed E-state index contributed by atoms with van der Waals surface area (Å²) in [5.41, 5.74) is 0. The zero-order valence-corrected chi connectivity index (χ0v) is 12.2. The first-order valence-corrected chi connectivity index (χ1v) is 6.63. The van der Waals surface area contributed by atoms with E-state index in [-0.39, 0.29) is 12.6 Å². The van der Waals surface area contributed by atoms with Crippen molar-refractivity contribution < 1.29 is 14.7 Å². The molecule has 20 heavy (non-hydrogen) atoms. The maximum absolute atomic E-state index is 11.9. The lowest BCUT2D eigenvalue weighted by atomic mass is 10.0. The Morgan fingerprint density at radius 2 is 2.25 bits per heavy atom. The van der Waals surface area contributed by atoms with Crippen molar-refractivity contribution in [3.8, 4) is 0 Å². The molecule has 0 bridgehead atoms.